The summed E-state index contributed by atoms with van der Waals surface area (Å²) in [6.45, 7) is 14.2. The average molecular weight is 414 g/mol. The number of benzene rings is 1. The van der Waals surface area contributed by atoms with E-state index in [0.717, 1.165) is 64.3 Å². The van der Waals surface area contributed by atoms with Crippen molar-refractivity contribution >= 4 is 6.03 Å². The first kappa shape index (κ1) is 23.1. The summed E-state index contributed by atoms with van der Waals surface area (Å²) in [6, 6.07) is 7.53. The van der Waals surface area contributed by atoms with E-state index in [-0.39, 0.29) is 6.03 Å². The first-order chi connectivity index (χ1) is 14.4. The zero-order valence-electron chi connectivity index (χ0n) is 19.8. The molecular weight excluding hydrogens is 370 g/mol. The summed E-state index contributed by atoms with van der Waals surface area (Å²) in [5, 5.41) is 3.26. The standard InChI is InChI=1S/C26H43N3O/c1-20(2)9-12-28(19-24-16-21(3)15-22(4)17-24)18-23-10-13-29(14-11-23)26(30)27-25-7-5-6-8-25/h15-17,20,23,25H,5-14,18-19H2,1-4H3,(H,27,30). The fraction of sp³-hybridized carbons (Fsp3) is 0.731. The summed E-state index contributed by atoms with van der Waals surface area (Å²) in [6.07, 6.45) is 8.34. The van der Waals surface area contributed by atoms with Crippen molar-refractivity contribution in [2.24, 2.45) is 11.8 Å². The van der Waals surface area contributed by atoms with Gasteiger partial charge in [-0.25, -0.2) is 4.79 Å². The number of nitrogens with zero attached hydrogens (tertiary/aromatic N) is 2. The van der Waals surface area contributed by atoms with E-state index in [2.05, 4.69) is 61.0 Å². The molecule has 2 amide bonds. The van der Waals surface area contributed by atoms with E-state index < -0.39 is 0 Å². The highest BCUT2D eigenvalue weighted by atomic mass is 16.2. The second-order valence-corrected chi connectivity index (χ2v) is 10.3. The molecule has 30 heavy (non-hydrogen) atoms. The molecule has 0 atom stereocenters. The maximum atomic E-state index is 12.6. The number of likely N-dealkylation sites (tertiary alicyclic amines) is 1. The number of hydrogen-bond donors (Lipinski definition) is 1. The maximum absolute atomic E-state index is 12.6. The lowest BCUT2D eigenvalue weighted by Gasteiger charge is -2.35. The fourth-order valence-electron chi connectivity index (χ4n) is 5.11. The third kappa shape index (κ3) is 7.30. The Morgan fingerprint density at radius 3 is 2.30 bits per heavy atom. The van der Waals surface area contributed by atoms with Crippen LogP contribution in [0.5, 0.6) is 0 Å². The molecule has 1 saturated carbocycles. The number of carbonyl (C=O) groups excluding carboxylic acids is 1. The molecule has 1 aliphatic heterocycles. The molecule has 1 aromatic rings. The van der Waals surface area contributed by atoms with E-state index in [1.165, 1.54) is 36.0 Å². The first-order valence-electron chi connectivity index (χ1n) is 12.2. The highest BCUT2D eigenvalue weighted by Crippen LogP contribution is 2.22. The number of nitrogens with one attached hydrogen (secondary N) is 1. The molecule has 1 aliphatic carbocycles. The highest BCUT2D eigenvalue weighted by molar-refractivity contribution is 5.74. The molecule has 1 heterocycles. The molecule has 0 aromatic heterocycles. The van der Waals surface area contributed by atoms with Gasteiger partial charge in [-0.05, 0) is 69.9 Å². The monoisotopic (exact) mass is 413 g/mol. The topological polar surface area (TPSA) is 35.6 Å². The Labute approximate surface area is 184 Å². The zero-order valence-corrected chi connectivity index (χ0v) is 19.8. The van der Waals surface area contributed by atoms with Gasteiger partial charge in [-0.1, -0.05) is 56.0 Å². The van der Waals surface area contributed by atoms with E-state index in [0.29, 0.717) is 12.0 Å². The molecule has 1 saturated heterocycles. The van der Waals surface area contributed by atoms with Crippen LogP contribution < -0.4 is 5.32 Å². The average Bonchev–Trinajstić information content (AvgIpc) is 3.19. The van der Waals surface area contributed by atoms with Gasteiger partial charge in [-0.2, -0.15) is 0 Å². The number of aryl methyl sites for hydroxylation is 2. The minimum Gasteiger partial charge on any atom is -0.335 e. The summed E-state index contributed by atoms with van der Waals surface area (Å²) in [5.41, 5.74) is 4.15. The fourth-order valence-corrected chi connectivity index (χ4v) is 5.11. The van der Waals surface area contributed by atoms with Gasteiger partial charge in [0.05, 0.1) is 0 Å². The minimum absolute atomic E-state index is 0.173. The van der Waals surface area contributed by atoms with Crippen molar-refractivity contribution < 1.29 is 4.79 Å². The van der Waals surface area contributed by atoms with Crippen molar-refractivity contribution in [3.8, 4) is 0 Å². The third-order valence-corrected chi connectivity index (χ3v) is 6.81. The second-order valence-electron chi connectivity index (χ2n) is 10.3. The Kier molecular flexibility index (Phi) is 8.61. The van der Waals surface area contributed by atoms with Crippen LogP contribution in [0.15, 0.2) is 18.2 Å². The van der Waals surface area contributed by atoms with Gasteiger partial charge >= 0.3 is 6.03 Å². The predicted molar refractivity (Wildman–Crippen MR) is 126 cm³/mol. The second kappa shape index (κ2) is 11.2. The van der Waals surface area contributed by atoms with E-state index in [1.54, 1.807) is 0 Å². The molecule has 4 heteroatoms. The smallest absolute Gasteiger partial charge is 0.317 e. The van der Waals surface area contributed by atoms with Gasteiger partial charge in [0.2, 0.25) is 0 Å². The molecule has 0 unspecified atom stereocenters. The van der Waals surface area contributed by atoms with Crippen LogP contribution in [0.25, 0.3) is 0 Å². The van der Waals surface area contributed by atoms with Gasteiger partial charge in [0.15, 0.2) is 0 Å². The molecule has 1 N–H and O–H groups in total. The van der Waals surface area contributed by atoms with Crippen molar-refractivity contribution in [1.82, 2.24) is 15.1 Å². The molecule has 3 rings (SSSR count). The number of hydrogen-bond acceptors (Lipinski definition) is 2. The summed E-state index contributed by atoms with van der Waals surface area (Å²) < 4.78 is 0. The van der Waals surface area contributed by atoms with Gasteiger partial charge in [-0.15, -0.1) is 0 Å². The first-order valence-corrected chi connectivity index (χ1v) is 12.2. The van der Waals surface area contributed by atoms with Crippen molar-refractivity contribution in [3.05, 3.63) is 34.9 Å². The van der Waals surface area contributed by atoms with Crippen LogP contribution in [0.3, 0.4) is 0 Å². The largest absolute Gasteiger partial charge is 0.335 e. The number of piperidine rings is 1. The van der Waals surface area contributed by atoms with Crippen molar-refractivity contribution in [1.29, 1.82) is 0 Å². The number of urea groups is 1. The van der Waals surface area contributed by atoms with E-state index in [9.17, 15) is 4.79 Å². The molecule has 4 nitrogen and oxygen atoms in total. The van der Waals surface area contributed by atoms with Crippen LogP contribution in [-0.2, 0) is 6.54 Å². The molecule has 0 radical (unpaired) electrons. The third-order valence-electron chi connectivity index (χ3n) is 6.81. The number of rotatable bonds is 8. The van der Waals surface area contributed by atoms with Crippen LogP contribution in [0.4, 0.5) is 4.79 Å². The van der Waals surface area contributed by atoms with Crippen LogP contribution in [0, 0.1) is 25.7 Å². The van der Waals surface area contributed by atoms with Crippen LogP contribution >= 0.6 is 0 Å². The highest BCUT2D eigenvalue weighted by Gasteiger charge is 2.26. The van der Waals surface area contributed by atoms with Gasteiger partial charge in [0.1, 0.15) is 0 Å². The normalized spacial score (nSPS) is 18.5. The Bertz CT molecular complexity index is 653. The zero-order chi connectivity index (χ0) is 21.5. The summed E-state index contributed by atoms with van der Waals surface area (Å²) in [4.78, 5) is 17.3. The molecule has 2 fully saturated rings. The maximum Gasteiger partial charge on any atom is 0.317 e. The Morgan fingerprint density at radius 1 is 1.07 bits per heavy atom. The SMILES string of the molecule is Cc1cc(C)cc(CN(CCC(C)C)CC2CCN(C(=O)NC3CCCC3)CC2)c1. The Morgan fingerprint density at radius 2 is 1.70 bits per heavy atom. The molecule has 0 spiro atoms. The molecule has 0 bridgehead atoms. The van der Waals surface area contributed by atoms with E-state index >= 15 is 0 Å². The molecule has 1 aromatic carbocycles. The van der Waals surface area contributed by atoms with Crippen LogP contribution in [0.2, 0.25) is 0 Å². The van der Waals surface area contributed by atoms with E-state index in [1.807, 2.05) is 0 Å². The van der Waals surface area contributed by atoms with Crippen LogP contribution in [-0.4, -0.2) is 48.1 Å². The van der Waals surface area contributed by atoms with Crippen molar-refractivity contribution in [2.75, 3.05) is 26.2 Å². The minimum atomic E-state index is 0.173. The van der Waals surface area contributed by atoms with Gasteiger partial charge in [0.25, 0.3) is 0 Å². The van der Waals surface area contributed by atoms with Gasteiger partial charge < -0.3 is 10.2 Å². The van der Waals surface area contributed by atoms with Crippen molar-refractivity contribution in [3.63, 3.8) is 0 Å². The Hall–Kier alpha value is -1.55. The lowest BCUT2D eigenvalue weighted by Crippen LogP contribution is -2.48. The lowest BCUT2D eigenvalue weighted by atomic mass is 9.95. The Balaban J connectivity index is 1.51. The molecule has 2 aliphatic rings. The van der Waals surface area contributed by atoms with Gasteiger partial charge in [-0.3, -0.25) is 4.90 Å². The summed E-state index contributed by atoms with van der Waals surface area (Å²) >= 11 is 0. The molecular formula is C26H43N3O. The summed E-state index contributed by atoms with van der Waals surface area (Å²) in [5.74, 6) is 1.42. The van der Waals surface area contributed by atoms with Crippen LogP contribution in [0.1, 0.15) is 75.5 Å². The van der Waals surface area contributed by atoms with E-state index in [4.69, 9.17) is 0 Å². The number of carbonyl (C=O) groups is 1. The number of amides is 2. The van der Waals surface area contributed by atoms with Crippen molar-refractivity contribution in [2.45, 2.75) is 85.2 Å². The lowest BCUT2D eigenvalue weighted by molar-refractivity contribution is 0.139. The predicted octanol–water partition coefficient (Wildman–Crippen LogP) is 5.52. The van der Waals surface area contributed by atoms with Gasteiger partial charge in [0, 0.05) is 32.2 Å². The summed E-state index contributed by atoms with van der Waals surface area (Å²) in [7, 11) is 0. The molecule has 168 valence electrons. The quantitative estimate of drug-likeness (QED) is 0.609.